The summed E-state index contributed by atoms with van der Waals surface area (Å²) in [5, 5.41) is 0. The monoisotopic (exact) mass is 309 g/mol. The van der Waals surface area contributed by atoms with E-state index in [0.717, 1.165) is 0 Å². The highest BCUT2D eigenvalue weighted by Gasteiger charge is 2.11. The summed E-state index contributed by atoms with van der Waals surface area (Å²) < 4.78 is 37.9. The average molecular weight is 309 g/mol. The van der Waals surface area contributed by atoms with E-state index in [-0.39, 0.29) is 28.7 Å². The molecule has 0 aromatic heterocycles. The molecule has 0 saturated carbocycles. The molecule has 2 aromatic carbocycles. The first-order chi connectivity index (χ1) is 10.0. The molecule has 0 spiro atoms. The quantitative estimate of drug-likeness (QED) is 0.862. The maximum atomic E-state index is 13.9. The Morgan fingerprint density at radius 2 is 1.95 bits per heavy atom. The minimum atomic E-state index is -0.608. The molecule has 0 amide bonds. The van der Waals surface area contributed by atoms with Gasteiger partial charge in [0, 0.05) is 11.1 Å². The Labute approximate surface area is 126 Å². The number of thiocarbonyl (C=S) groups is 1. The molecule has 0 fully saturated rings. The summed E-state index contributed by atoms with van der Waals surface area (Å²) in [6.07, 6.45) is 0. The van der Waals surface area contributed by atoms with Crippen LogP contribution in [0.2, 0.25) is 0 Å². The molecule has 0 radical (unpaired) electrons. The molecule has 2 N–H and O–H groups in total. The van der Waals surface area contributed by atoms with Gasteiger partial charge in [0.2, 0.25) is 0 Å². The summed E-state index contributed by atoms with van der Waals surface area (Å²) in [7, 11) is 1.37. The minimum absolute atomic E-state index is 0.00257. The topological polar surface area (TPSA) is 44.5 Å². The third-order valence-corrected chi connectivity index (χ3v) is 3.10. The molecule has 0 aliphatic rings. The van der Waals surface area contributed by atoms with E-state index in [4.69, 9.17) is 27.4 Å². The first kappa shape index (κ1) is 15.2. The van der Waals surface area contributed by atoms with Gasteiger partial charge in [0.1, 0.15) is 11.6 Å². The number of hydrogen-bond acceptors (Lipinski definition) is 3. The second-order valence-electron chi connectivity index (χ2n) is 4.23. The molecule has 0 unspecified atom stereocenters. The van der Waals surface area contributed by atoms with Gasteiger partial charge in [0.25, 0.3) is 0 Å². The highest BCUT2D eigenvalue weighted by Crippen LogP contribution is 2.23. The van der Waals surface area contributed by atoms with E-state index in [2.05, 4.69) is 0 Å². The van der Waals surface area contributed by atoms with Crippen LogP contribution in [0, 0.1) is 11.6 Å². The molecule has 0 bridgehead atoms. The standard InChI is InChI=1S/C15H13F2NO2S/c1-19-13-4-2-3-10(14(13)17)8-20-12-6-5-9(15(18)21)7-11(12)16/h2-7H,8H2,1H3,(H2,18,21). The van der Waals surface area contributed by atoms with Crippen molar-refractivity contribution >= 4 is 17.2 Å². The summed E-state index contributed by atoms with van der Waals surface area (Å²) in [5.41, 5.74) is 6.09. The summed E-state index contributed by atoms with van der Waals surface area (Å²) in [4.78, 5) is 0.0966. The van der Waals surface area contributed by atoms with Crippen molar-refractivity contribution in [2.45, 2.75) is 6.61 Å². The first-order valence-corrected chi connectivity index (χ1v) is 6.47. The Kier molecular flexibility index (Phi) is 4.70. The third-order valence-electron chi connectivity index (χ3n) is 2.86. The van der Waals surface area contributed by atoms with Crippen LogP contribution < -0.4 is 15.2 Å². The second-order valence-corrected chi connectivity index (χ2v) is 4.67. The van der Waals surface area contributed by atoms with Gasteiger partial charge in [-0.3, -0.25) is 0 Å². The number of benzene rings is 2. The van der Waals surface area contributed by atoms with Gasteiger partial charge >= 0.3 is 0 Å². The fourth-order valence-electron chi connectivity index (χ4n) is 1.75. The Hall–Kier alpha value is -2.21. The summed E-state index contributed by atoms with van der Waals surface area (Å²) >= 11 is 4.76. The van der Waals surface area contributed by atoms with Crippen LogP contribution >= 0.6 is 12.2 Å². The Bertz CT molecular complexity index is 677. The smallest absolute Gasteiger partial charge is 0.171 e. The van der Waals surface area contributed by atoms with Crippen molar-refractivity contribution in [1.82, 2.24) is 0 Å². The number of nitrogens with two attached hydrogens (primary N) is 1. The summed E-state index contributed by atoms with van der Waals surface area (Å²) in [5.74, 6) is -1.03. The summed E-state index contributed by atoms with van der Waals surface area (Å²) in [6, 6.07) is 8.80. The SMILES string of the molecule is COc1cccc(COc2ccc(C(N)=S)cc2F)c1F. The molecule has 6 heteroatoms. The molecule has 0 aliphatic carbocycles. The minimum Gasteiger partial charge on any atom is -0.494 e. The molecule has 21 heavy (non-hydrogen) atoms. The van der Waals surface area contributed by atoms with E-state index >= 15 is 0 Å². The van der Waals surface area contributed by atoms with Gasteiger partial charge < -0.3 is 15.2 Å². The molecular formula is C15H13F2NO2S. The Morgan fingerprint density at radius 1 is 1.19 bits per heavy atom. The number of ether oxygens (including phenoxy) is 2. The lowest BCUT2D eigenvalue weighted by atomic mass is 10.2. The fourth-order valence-corrected chi connectivity index (χ4v) is 1.88. The van der Waals surface area contributed by atoms with E-state index in [1.165, 1.54) is 25.3 Å². The molecule has 0 saturated heterocycles. The van der Waals surface area contributed by atoms with Crippen LogP contribution in [0.5, 0.6) is 11.5 Å². The highest BCUT2D eigenvalue weighted by molar-refractivity contribution is 7.80. The maximum absolute atomic E-state index is 13.9. The average Bonchev–Trinajstić information content (AvgIpc) is 2.47. The first-order valence-electron chi connectivity index (χ1n) is 6.06. The van der Waals surface area contributed by atoms with Gasteiger partial charge in [-0.15, -0.1) is 0 Å². The molecule has 0 atom stereocenters. The van der Waals surface area contributed by atoms with E-state index < -0.39 is 11.6 Å². The molecule has 3 nitrogen and oxygen atoms in total. The van der Waals surface area contributed by atoms with Crippen molar-refractivity contribution in [3.63, 3.8) is 0 Å². The molecule has 110 valence electrons. The fraction of sp³-hybridized carbons (Fsp3) is 0.133. The van der Waals surface area contributed by atoms with E-state index in [1.54, 1.807) is 18.2 Å². The van der Waals surface area contributed by atoms with Crippen LogP contribution in [0.4, 0.5) is 8.78 Å². The van der Waals surface area contributed by atoms with Crippen LogP contribution in [0.15, 0.2) is 36.4 Å². The van der Waals surface area contributed by atoms with E-state index in [9.17, 15) is 8.78 Å². The normalized spacial score (nSPS) is 10.2. The largest absolute Gasteiger partial charge is 0.494 e. The lowest BCUT2D eigenvalue weighted by Gasteiger charge is -2.10. The second kappa shape index (κ2) is 6.49. The van der Waals surface area contributed by atoms with Crippen LogP contribution in [0.1, 0.15) is 11.1 Å². The predicted octanol–water partition coefficient (Wildman–Crippen LogP) is 3.19. The molecular weight excluding hydrogens is 296 g/mol. The van der Waals surface area contributed by atoms with Gasteiger partial charge in [0.15, 0.2) is 23.1 Å². The predicted molar refractivity (Wildman–Crippen MR) is 79.6 cm³/mol. The zero-order valence-corrected chi connectivity index (χ0v) is 12.0. The van der Waals surface area contributed by atoms with Gasteiger partial charge in [-0.05, 0) is 24.3 Å². The van der Waals surface area contributed by atoms with Crippen molar-refractivity contribution in [3.05, 3.63) is 59.2 Å². The zero-order chi connectivity index (χ0) is 15.4. The van der Waals surface area contributed by atoms with Crippen LogP contribution in [-0.4, -0.2) is 12.1 Å². The number of hydrogen-bond donors (Lipinski definition) is 1. The Morgan fingerprint density at radius 3 is 2.57 bits per heavy atom. The van der Waals surface area contributed by atoms with Crippen molar-refractivity contribution in [3.8, 4) is 11.5 Å². The van der Waals surface area contributed by atoms with E-state index in [1.807, 2.05) is 0 Å². The Balaban J connectivity index is 2.15. The summed E-state index contributed by atoms with van der Waals surface area (Å²) in [6.45, 7) is -0.119. The van der Waals surface area contributed by atoms with Gasteiger partial charge in [0.05, 0.1) is 7.11 Å². The van der Waals surface area contributed by atoms with Gasteiger partial charge in [-0.1, -0.05) is 24.4 Å². The molecule has 0 aliphatic heterocycles. The van der Waals surface area contributed by atoms with Gasteiger partial charge in [-0.25, -0.2) is 8.78 Å². The van der Waals surface area contributed by atoms with Crippen molar-refractivity contribution < 1.29 is 18.3 Å². The lowest BCUT2D eigenvalue weighted by Crippen LogP contribution is -2.10. The van der Waals surface area contributed by atoms with Crippen LogP contribution in [0.25, 0.3) is 0 Å². The van der Waals surface area contributed by atoms with Crippen LogP contribution in [-0.2, 0) is 6.61 Å². The maximum Gasteiger partial charge on any atom is 0.171 e. The number of halogens is 2. The number of methoxy groups -OCH3 is 1. The highest BCUT2D eigenvalue weighted by atomic mass is 32.1. The third kappa shape index (κ3) is 3.46. The van der Waals surface area contributed by atoms with Crippen molar-refractivity contribution in [2.75, 3.05) is 7.11 Å². The van der Waals surface area contributed by atoms with Crippen molar-refractivity contribution in [2.24, 2.45) is 5.73 Å². The van der Waals surface area contributed by atoms with Crippen LogP contribution in [0.3, 0.4) is 0 Å². The van der Waals surface area contributed by atoms with E-state index in [0.29, 0.717) is 5.56 Å². The molecule has 0 heterocycles. The molecule has 2 aromatic rings. The molecule has 2 rings (SSSR count). The van der Waals surface area contributed by atoms with Crippen molar-refractivity contribution in [1.29, 1.82) is 0 Å². The number of rotatable bonds is 5. The lowest BCUT2D eigenvalue weighted by molar-refractivity contribution is 0.281. The zero-order valence-electron chi connectivity index (χ0n) is 11.2. The van der Waals surface area contributed by atoms with Gasteiger partial charge in [-0.2, -0.15) is 0 Å².